The van der Waals surface area contributed by atoms with Crippen LogP contribution in [0.3, 0.4) is 0 Å². The molecule has 4 N–H and O–H groups in total. The van der Waals surface area contributed by atoms with Gasteiger partial charge in [0.05, 0.1) is 11.8 Å². The molecule has 2 aromatic rings. The fraction of sp³-hybridized carbons (Fsp3) is 0.577. The second-order valence-electron chi connectivity index (χ2n) is 11.3. The third kappa shape index (κ3) is 5.54. The molecule has 2 aliphatic heterocycles. The quantitative estimate of drug-likeness (QED) is 0.558. The second kappa shape index (κ2) is 9.82. The first kappa shape index (κ1) is 26.1. The molecule has 196 valence electrons. The molecule has 0 saturated carbocycles. The molecule has 2 fully saturated rings. The molecule has 0 radical (unpaired) electrons. The Hall–Kier alpha value is -2.98. The number of rotatable bonds is 6. The topological polar surface area (TPSA) is 103 Å². The summed E-state index contributed by atoms with van der Waals surface area (Å²) >= 11 is 0. The number of nitrogens with zero attached hydrogens (tertiary/aromatic N) is 5. The van der Waals surface area contributed by atoms with Crippen LogP contribution in [-0.4, -0.2) is 83.1 Å². The number of primary amides is 1. The van der Waals surface area contributed by atoms with E-state index in [0.717, 1.165) is 50.9 Å². The highest BCUT2D eigenvalue weighted by Gasteiger charge is 2.43. The first-order chi connectivity index (χ1) is 16.9. The van der Waals surface area contributed by atoms with Crippen LogP contribution in [-0.2, 0) is 0 Å². The molecule has 0 unspecified atom stereocenters. The van der Waals surface area contributed by atoms with Crippen LogP contribution in [0.25, 0.3) is 0 Å². The summed E-state index contributed by atoms with van der Waals surface area (Å²) < 4.78 is 14.7. The highest BCUT2D eigenvalue weighted by Crippen LogP contribution is 2.38. The Morgan fingerprint density at radius 3 is 2.33 bits per heavy atom. The van der Waals surface area contributed by atoms with Crippen LogP contribution in [0.15, 0.2) is 24.4 Å². The zero-order chi connectivity index (χ0) is 26.3. The van der Waals surface area contributed by atoms with Crippen molar-refractivity contribution in [1.29, 1.82) is 0 Å². The monoisotopic (exact) mass is 498 g/mol. The van der Waals surface area contributed by atoms with Crippen molar-refractivity contribution in [1.82, 2.24) is 19.8 Å². The summed E-state index contributed by atoms with van der Waals surface area (Å²) in [6.07, 6.45) is 2.88. The maximum atomic E-state index is 14.7. The summed E-state index contributed by atoms with van der Waals surface area (Å²) in [6.45, 7) is 12.3. The Bertz CT molecular complexity index is 1100. The molecule has 1 aromatic carbocycles. The summed E-state index contributed by atoms with van der Waals surface area (Å²) in [5.41, 5.74) is 7.49. The molecule has 1 amide bonds. The number of piperazine rings is 1. The molecule has 0 bridgehead atoms. The number of amides is 1. The highest BCUT2D eigenvalue weighted by atomic mass is 19.1. The Balaban J connectivity index is 1.52. The van der Waals surface area contributed by atoms with Crippen LogP contribution in [0.1, 0.15) is 50.9 Å². The molecule has 0 atom stereocenters. The molecule has 9 nitrogen and oxygen atoms in total. The lowest BCUT2D eigenvalue weighted by atomic mass is 9.77. The van der Waals surface area contributed by atoms with Crippen LogP contribution in [0.4, 0.5) is 27.5 Å². The van der Waals surface area contributed by atoms with E-state index in [2.05, 4.69) is 77.1 Å². The van der Waals surface area contributed by atoms with Crippen molar-refractivity contribution in [2.24, 2.45) is 5.73 Å². The maximum absolute atomic E-state index is 14.7. The Morgan fingerprint density at radius 1 is 1.08 bits per heavy atom. The average molecular weight is 499 g/mol. The molecule has 3 heterocycles. The standard InChI is InChI=1S/C26H39FN8O/c1-25(2)14-18(15-26(3,4)34(25)6)30-23-20(27)16-29-24(32-23)31-17-7-8-21(19(13-17)22(28)36)35-11-9-33(5)10-12-35/h7-8,13,16,18H,9-12,14-15H2,1-6H3,(H2,28,36)(H2,29,30,31,32). The molecule has 0 spiro atoms. The lowest BCUT2D eigenvalue weighted by Crippen LogP contribution is -2.61. The summed E-state index contributed by atoms with van der Waals surface area (Å²) in [5.74, 6) is -0.591. The highest BCUT2D eigenvalue weighted by molar-refractivity contribution is 6.00. The molecule has 10 heteroatoms. The van der Waals surface area contributed by atoms with E-state index in [0.29, 0.717) is 11.3 Å². The third-order valence-electron chi connectivity index (χ3n) is 7.75. The Kier molecular flexibility index (Phi) is 7.12. The van der Waals surface area contributed by atoms with Crippen molar-refractivity contribution < 1.29 is 9.18 Å². The summed E-state index contributed by atoms with van der Waals surface area (Å²) in [6, 6.07) is 5.52. The molecular formula is C26H39FN8O. The van der Waals surface area contributed by atoms with Gasteiger partial charge in [0.15, 0.2) is 11.6 Å². The largest absolute Gasteiger partial charge is 0.368 e. The minimum atomic E-state index is -0.502. The fourth-order valence-electron chi connectivity index (χ4n) is 5.46. The number of halogens is 1. The zero-order valence-electron chi connectivity index (χ0n) is 22.2. The minimum Gasteiger partial charge on any atom is -0.368 e. The van der Waals surface area contributed by atoms with Crippen molar-refractivity contribution in [2.45, 2.75) is 57.7 Å². The molecule has 2 saturated heterocycles. The lowest BCUT2D eigenvalue weighted by Gasteiger charge is -2.53. The number of anilines is 4. The van der Waals surface area contributed by atoms with Crippen molar-refractivity contribution >= 4 is 29.0 Å². The van der Waals surface area contributed by atoms with Gasteiger partial charge in [-0.2, -0.15) is 4.98 Å². The van der Waals surface area contributed by atoms with Crippen molar-refractivity contribution in [3.63, 3.8) is 0 Å². The van der Waals surface area contributed by atoms with Gasteiger partial charge in [-0.05, 0) is 72.8 Å². The number of nitrogens with one attached hydrogen (secondary N) is 2. The van der Waals surface area contributed by atoms with E-state index < -0.39 is 11.7 Å². The number of benzene rings is 1. The van der Waals surface area contributed by atoms with Gasteiger partial charge in [-0.15, -0.1) is 0 Å². The normalized spacial score (nSPS) is 20.8. The number of aromatic nitrogens is 2. The van der Waals surface area contributed by atoms with Crippen molar-refractivity contribution in [2.75, 3.05) is 55.8 Å². The van der Waals surface area contributed by atoms with Crippen LogP contribution in [0.5, 0.6) is 0 Å². The summed E-state index contributed by atoms with van der Waals surface area (Å²) in [4.78, 5) is 27.6. The van der Waals surface area contributed by atoms with Crippen LogP contribution < -0.4 is 21.3 Å². The molecule has 0 aliphatic carbocycles. The Labute approximate surface area is 213 Å². The number of hydrogen-bond donors (Lipinski definition) is 3. The van der Waals surface area contributed by atoms with Gasteiger partial charge in [0.25, 0.3) is 5.91 Å². The smallest absolute Gasteiger partial charge is 0.250 e. The summed E-state index contributed by atoms with van der Waals surface area (Å²) in [7, 11) is 4.22. The van der Waals surface area contributed by atoms with E-state index in [9.17, 15) is 9.18 Å². The van der Waals surface area contributed by atoms with Gasteiger partial charge in [0, 0.05) is 54.7 Å². The summed E-state index contributed by atoms with van der Waals surface area (Å²) in [5, 5.41) is 6.42. The fourth-order valence-corrected chi connectivity index (χ4v) is 5.46. The predicted molar refractivity (Wildman–Crippen MR) is 143 cm³/mol. The average Bonchev–Trinajstić information content (AvgIpc) is 2.80. The van der Waals surface area contributed by atoms with Gasteiger partial charge in [0.1, 0.15) is 0 Å². The van der Waals surface area contributed by atoms with E-state index >= 15 is 0 Å². The van der Waals surface area contributed by atoms with Crippen molar-refractivity contribution in [3.8, 4) is 0 Å². The third-order valence-corrected chi connectivity index (χ3v) is 7.75. The van der Waals surface area contributed by atoms with Crippen LogP contribution in [0.2, 0.25) is 0 Å². The number of likely N-dealkylation sites (N-methyl/N-ethyl adjacent to an activating group) is 1. The van der Waals surface area contributed by atoms with Gasteiger partial charge in [-0.1, -0.05) is 0 Å². The predicted octanol–water partition coefficient (Wildman–Crippen LogP) is 3.27. The number of carbonyl (C=O) groups excluding carboxylic acids is 1. The van der Waals surface area contributed by atoms with E-state index in [1.165, 1.54) is 0 Å². The van der Waals surface area contributed by atoms with E-state index in [-0.39, 0.29) is 28.9 Å². The van der Waals surface area contributed by atoms with Crippen LogP contribution >= 0.6 is 0 Å². The van der Waals surface area contributed by atoms with E-state index in [4.69, 9.17) is 5.73 Å². The first-order valence-corrected chi connectivity index (χ1v) is 12.5. The number of nitrogens with two attached hydrogens (primary N) is 1. The number of hydrogen-bond acceptors (Lipinski definition) is 8. The molecular weight excluding hydrogens is 459 g/mol. The van der Waals surface area contributed by atoms with Gasteiger partial charge in [-0.3, -0.25) is 9.69 Å². The van der Waals surface area contributed by atoms with Crippen molar-refractivity contribution in [3.05, 3.63) is 35.8 Å². The number of piperidine rings is 1. The molecule has 1 aromatic heterocycles. The minimum absolute atomic E-state index is 0.0410. The first-order valence-electron chi connectivity index (χ1n) is 12.5. The van der Waals surface area contributed by atoms with Gasteiger partial charge in [0.2, 0.25) is 5.95 Å². The molecule has 4 rings (SSSR count). The molecule has 36 heavy (non-hydrogen) atoms. The second-order valence-corrected chi connectivity index (χ2v) is 11.3. The zero-order valence-corrected chi connectivity index (χ0v) is 22.2. The lowest BCUT2D eigenvalue weighted by molar-refractivity contribution is -0.00778. The SMILES string of the molecule is CN1CCN(c2ccc(Nc3ncc(F)c(NC4CC(C)(C)N(C)C(C)(C)C4)n3)cc2C(N)=O)CC1. The number of likely N-dealkylation sites (tertiary alicyclic amines) is 1. The van der Waals surface area contributed by atoms with Gasteiger partial charge < -0.3 is 26.2 Å². The maximum Gasteiger partial charge on any atom is 0.250 e. The van der Waals surface area contributed by atoms with Crippen LogP contribution in [0, 0.1) is 5.82 Å². The molecule has 2 aliphatic rings. The van der Waals surface area contributed by atoms with E-state index in [1.54, 1.807) is 6.07 Å². The number of carbonyl (C=O) groups is 1. The Morgan fingerprint density at radius 2 is 1.72 bits per heavy atom. The van der Waals surface area contributed by atoms with E-state index in [1.807, 2.05) is 12.1 Å². The van der Waals surface area contributed by atoms with Gasteiger partial charge in [-0.25, -0.2) is 9.37 Å². The van der Waals surface area contributed by atoms with Gasteiger partial charge >= 0.3 is 0 Å².